The van der Waals surface area contributed by atoms with Gasteiger partial charge in [0.25, 0.3) is 0 Å². The summed E-state index contributed by atoms with van der Waals surface area (Å²) in [5, 5.41) is 29.3. The van der Waals surface area contributed by atoms with Gasteiger partial charge in [0.1, 0.15) is 0 Å². The zero-order valence-electron chi connectivity index (χ0n) is 64.5. The lowest BCUT2D eigenvalue weighted by Gasteiger charge is -2.35. The van der Waals surface area contributed by atoms with Gasteiger partial charge in [-0.3, -0.25) is 0 Å². The summed E-state index contributed by atoms with van der Waals surface area (Å²) in [4.78, 5) is 0. The van der Waals surface area contributed by atoms with Crippen molar-refractivity contribution in [2.75, 3.05) is 0 Å². The van der Waals surface area contributed by atoms with E-state index in [1.165, 1.54) is 203 Å². The Labute approximate surface area is 654 Å². The smallest absolute Gasteiger partial charge is 0.0991 e. The Morgan fingerprint density at radius 2 is 0.554 bits per heavy atom. The number of aromatic nitrogens is 3. The standard InChI is InChI=1S/C41H29N.C34H31NSi.C32H22N2/c1-41(2)34-18-7-5-15-32(34)40-38-28(13-10-19-35(38)41)25-37-39(40)33-16-6-8-20-36(33)42(37)29-23-21-27(22-24-29)31-17-9-12-26-11-3-4-14-30(26)31;1-34(2)27-14-8-6-12-25(27)33-31-22(11-10-15-28(31)34)21-30-32(33)26-13-7-9-16-29(26)35(30)23-17-19-24(20-18-23)36(3,4)5;1-32(2)25-11-5-3-9-23(25)31-29-21(8-7-12-26(29)32)18-28-30(31)24-10-4-6-13-27(24)34(28)22-16-14-20(19-33)15-17-22/h3-25H,1-2H3;6-21H,1-5H3;3-18H,1-2H3. The van der Waals surface area contributed by atoms with E-state index in [9.17, 15) is 5.26 Å². The SMILES string of the molecule is CC1(C)c2ccccc2-c2c3c1cccc3cc1c2c2ccccc2n1-c1ccc(-c2cccc3ccccc23)cc1.CC1(C)c2ccccc2-c2c3c1cccc3cc1c2c2ccccc2n1-c1ccc(C#N)cc1.CC1(C)c2ccccc2-c2c3c1cccc3cc1c2c2ccccc2n1-c1ccc([Si](C)(C)C)cc1. The second-order valence-corrected chi connectivity index (χ2v) is 38.8. The lowest BCUT2D eigenvalue weighted by Crippen LogP contribution is -2.37. The Morgan fingerprint density at radius 1 is 0.259 bits per heavy atom. The van der Waals surface area contributed by atoms with E-state index in [2.05, 4.69) is 390 Å². The van der Waals surface area contributed by atoms with E-state index in [0.29, 0.717) is 5.56 Å². The molecule has 5 heteroatoms. The molecule has 0 spiro atoms. The maximum Gasteiger partial charge on any atom is 0.0991 e. The number of rotatable bonds is 5. The molecule has 0 radical (unpaired) electrons. The van der Waals surface area contributed by atoms with Gasteiger partial charge in [0.2, 0.25) is 0 Å². The third-order valence-corrected chi connectivity index (χ3v) is 27.6. The molecule has 0 saturated carbocycles. The van der Waals surface area contributed by atoms with Crippen LogP contribution in [0.25, 0.3) is 170 Å². The van der Waals surface area contributed by atoms with Gasteiger partial charge in [-0.15, -0.1) is 0 Å². The molecule has 3 aliphatic rings. The van der Waals surface area contributed by atoms with Crippen molar-refractivity contribution in [3.8, 4) is 67.6 Å². The van der Waals surface area contributed by atoms with Crippen molar-refractivity contribution in [3.63, 3.8) is 0 Å². The van der Waals surface area contributed by atoms with Gasteiger partial charge >= 0.3 is 0 Å². The molecule has 112 heavy (non-hydrogen) atoms. The maximum atomic E-state index is 9.30. The highest BCUT2D eigenvalue weighted by molar-refractivity contribution is 6.88. The van der Waals surface area contributed by atoms with Crippen molar-refractivity contribution in [2.24, 2.45) is 0 Å². The van der Waals surface area contributed by atoms with Crippen LogP contribution in [0.15, 0.2) is 334 Å². The molecule has 20 aromatic rings. The highest BCUT2D eigenvalue weighted by Crippen LogP contribution is 2.57. The van der Waals surface area contributed by atoms with Gasteiger partial charge < -0.3 is 13.7 Å². The van der Waals surface area contributed by atoms with E-state index in [1.807, 2.05) is 24.3 Å². The summed E-state index contributed by atoms with van der Waals surface area (Å²) in [7, 11) is -1.36. The van der Waals surface area contributed by atoms with Gasteiger partial charge in [0, 0.05) is 82.3 Å². The second-order valence-electron chi connectivity index (χ2n) is 33.7. The third-order valence-electron chi connectivity index (χ3n) is 25.5. The first-order valence-electron chi connectivity index (χ1n) is 39.4. The van der Waals surface area contributed by atoms with Crippen LogP contribution in [0.1, 0.15) is 80.5 Å². The second kappa shape index (κ2) is 24.7. The quantitative estimate of drug-likeness (QED) is 0.158. The molecule has 3 heterocycles. The van der Waals surface area contributed by atoms with Gasteiger partial charge in [0.15, 0.2) is 0 Å². The van der Waals surface area contributed by atoms with Gasteiger partial charge in [-0.05, 0) is 189 Å². The predicted molar refractivity (Wildman–Crippen MR) is 478 cm³/mol. The van der Waals surface area contributed by atoms with Crippen LogP contribution in [0.2, 0.25) is 19.6 Å². The molecular weight excluding hydrogens is 1370 g/mol. The minimum atomic E-state index is -1.36. The minimum absolute atomic E-state index is 0.0399. The highest BCUT2D eigenvalue weighted by atomic mass is 28.3. The predicted octanol–water partition coefficient (Wildman–Crippen LogP) is 28.0. The van der Waals surface area contributed by atoms with E-state index in [-0.39, 0.29) is 16.2 Å². The summed E-state index contributed by atoms with van der Waals surface area (Å²) in [6.45, 7) is 21.4. The van der Waals surface area contributed by atoms with Crippen molar-refractivity contribution in [1.29, 1.82) is 5.26 Å². The van der Waals surface area contributed by atoms with Crippen LogP contribution in [0.5, 0.6) is 0 Å². The van der Waals surface area contributed by atoms with Crippen molar-refractivity contribution in [2.45, 2.75) is 77.4 Å². The number of para-hydroxylation sites is 3. The fourth-order valence-electron chi connectivity index (χ4n) is 20.1. The molecule has 3 aliphatic carbocycles. The number of hydrogen-bond acceptors (Lipinski definition) is 1. The molecule has 0 N–H and O–H groups in total. The average molecular weight is 1450 g/mol. The maximum absolute atomic E-state index is 9.30. The number of nitriles is 1. The van der Waals surface area contributed by atoms with Gasteiger partial charge in [-0.1, -0.05) is 315 Å². The summed E-state index contributed by atoms with van der Waals surface area (Å²) in [6, 6.07) is 125. The van der Waals surface area contributed by atoms with Gasteiger partial charge in [0.05, 0.1) is 52.8 Å². The normalized spacial score (nSPS) is 14.0. The average Bonchev–Trinajstić information content (AvgIpc) is 1.35. The topological polar surface area (TPSA) is 38.6 Å². The molecule has 534 valence electrons. The number of benzene rings is 17. The van der Waals surface area contributed by atoms with Gasteiger partial charge in [-0.25, -0.2) is 0 Å². The molecule has 17 aromatic carbocycles. The van der Waals surface area contributed by atoms with E-state index >= 15 is 0 Å². The monoisotopic (exact) mass is 1450 g/mol. The first-order valence-corrected chi connectivity index (χ1v) is 42.9. The molecule has 0 saturated heterocycles. The van der Waals surface area contributed by atoms with Crippen LogP contribution in [-0.2, 0) is 16.2 Å². The number of nitrogens with zero attached hydrogens (tertiary/aromatic N) is 4. The molecule has 3 aromatic heterocycles. The Bertz CT molecular complexity index is 7420. The van der Waals surface area contributed by atoms with Crippen molar-refractivity contribution in [1.82, 2.24) is 13.7 Å². The summed E-state index contributed by atoms with van der Waals surface area (Å²) >= 11 is 0. The Morgan fingerprint density at radius 3 is 0.938 bits per heavy atom. The lowest BCUT2D eigenvalue weighted by molar-refractivity contribution is 0.645. The fraction of sp³-hybridized carbons (Fsp3) is 0.112. The molecular formula is C107H82N4Si. The Kier molecular flexibility index (Phi) is 14.8. The van der Waals surface area contributed by atoms with E-state index in [0.717, 1.165) is 5.69 Å². The van der Waals surface area contributed by atoms with Crippen LogP contribution >= 0.6 is 0 Å². The van der Waals surface area contributed by atoms with Crippen LogP contribution in [0, 0.1) is 11.3 Å². The van der Waals surface area contributed by atoms with Crippen LogP contribution in [0.3, 0.4) is 0 Å². The summed E-state index contributed by atoms with van der Waals surface area (Å²) < 4.78 is 7.28. The first-order chi connectivity index (χ1) is 54.5. The molecule has 23 rings (SSSR count). The Balaban J connectivity index is 0.000000107. The van der Waals surface area contributed by atoms with E-state index < -0.39 is 8.07 Å². The summed E-state index contributed by atoms with van der Waals surface area (Å²) in [5.74, 6) is 0. The van der Waals surface area contributed by atoms with Crippen molar-refractivity contribution < 1.29 is 0 Å². The number of fused-ring (bicyclic) bond motifs is 19. The lowest BCUT2D eigenvalue weighted by atomic mass is 9.68. The molecule has 0 amide bonds. The van der Waals surface area contributed by atoms with Crippen LogP contribution in [-0.4, -0.2) is 21.8 Å². The van der Waals surface area contributed by atoms with Crippen molar-refractivity contribution in [3.05, 3.63) is 373 Å². The molecule has 4 nitrogen and oxygen atoms in total. The molecule has 0 unspecified atom stereocenters. The molecule has 0 atom stereocenters. The third kappa shape index (κ3) is 9.77. The zero-order valence-corrected chi connectivity index (χ0v) is 65.5. The van der Waals surface area contributed by atoms with Crippen LogP contribution < -0.4 is 5.19 Å². The first kappa shape index (κ1) is 67.0. The highest BCUT2D eigenvalue weighted by Gasteiger charge is 2.39. The molecule has 0 bridgehead atoms. The largest absolute Gasteiger partial charge is 0.309 e. The van der Waals surface area contributed by atoms with E-state index in [4.69, 9.17) is 0 Å². The van der Waals surface area contributed by atoms with Crippen molar-refractivity contribution >= 4 is 122 Å². The van der Waals surface area contributed by atoms with E-state index in [1.54, 1.807) is 0 Å². The van der Waals surface area contributed by atoms with Gasteiger partial charge in [-0.2, -0.15) is 5.26 Å². The Hall–Kier alpha value is -13.1. The summed E-state index contributed by atoms with van der Waals surface area (Å²) in [5.41, 5.74) is 30.4. The fourth-order valence-corrected chi connectivity index (χ4v) is 21.3. The number of hydrogen-bond donors (Lipinski definition) is 0. The molecule has 0 fully saturated rings. The van der Waals surface area contributed by atoms with Crippen LogP contribution in [0.4, 0.5) is 0 Å². The minimum Gasteiger partial charge on any atom is -0.309 e. The zero-order chi connectivity index (χ0) is 75.8. The summed E-state index contributed by atoms with van der Waals surface area (Å²) in [6.07, 6.45) is 0. The molecule has 0 aliphatic heterocycles.